The van der Waals surface area contributed by atoms with Gasteiger partial charge in [-0.05, 0) is 72.6 Å². The molecule has 1 saturated heterocycles. The average Bonchev–Trinajstić information content (AvgIpc) is 3.13. The van der Waals surface area contributed by atoms with Gasteiger partial charge in [0.2, 0.25) is 5.96 Å². The highest BCUT2D eigenvalue weighted by Gasteiger charge is 2.52. The molecule has 7 heteroatoms. The summed E-state index contributed by atoms with van der Waals surface area (Å²) >= 11 is 0. The molecule has 0 radical (unpaired) electrons. The zero-order valence-corrected chi connectivity index (χ0v) is 19.2. The maximum absolute atomic E-state index is 9.14. The number of rotatable bonds is 8. The van der Waals surface area contributed by atoms with Crippen LogP contribution in [0.3, 0.4) is 0 Å². The quantitative estimate of drug-likeness (QED) is 0.350. The number of aliphatic imine (C=N–C) groups is 1. The van der Waals surface area contributed by atoms with Crippen molar-refractivity contribution < 1.29 is 9.94 Å². The number of nitrogens with zero attached hydrogens (tertiary/aromatic N) is 3. The second kappa shape index (κ2) is 9.41. The lowest BCUT2D eigenvalue weighted by atomic mass is 9.70. The molecule has 1 unspecified atom stereocenters. The van der Waals surface area contributed by atoms with Gasteiger partial charge in [-0.2, -0.15) is 0 Å². The zero-order chi connectivity index (χ0) is 21.7. The van der Waals surface area contributed by atoms with Crippen LogP contribution in [0.4, 0.5) is 0 Å². The third-order valence-electron chi connectivity index (χ3n) is 6.77. The molecule has 0 spiro atoms. The van der Waals surface area contributed by atoms with E-state index < -0.39 is 0 Å². The van der Waals surface area contributed by atoms with E-state index in [1.807, 2.05) is 13.1 Å². The molecule has 1 aliphatic heterocycles. The highest BCUT2D eigenvalue weighted by atomic mass is 16.5. The van der Waals surface area contributed by atoms with Crippen molar-refractivity contribution in [1.29, 1.82) is 0 Å². The summed E-state index contributed by atoms with van der Waals surface area (Å²) in [6, 6.07) is 4.27. The Morgan fingerprint density at radius 2 is 2.07 bits per heavy atom. The van der Waals surface area contributed by atoms with Crippen LogP contribution in [0, 0.1) is 12.3 Å². The maximum Gasteiger partial charge on any atom is 0.215 e. The molecule has 0 aromatic carbocycles. The van der Waals surface area contributed by atoms with E-state index in [-0.39, 0.29) is 16.6 Å². The van der Waals surface area contributed by atoms with Crippen LogP contribution in [0.25, 0.3) is 0 Å². The Morgan fingerprint density at radius 1 is 1.34 bits per heavy atom. The maximum atomic E-state index is 9.14. The van der Waals surface area contributed by atoms with Gasteiger partial charge in [-0.25, -0.2) is 5.48 Å². The van der Waals surface area contributed by atoms with E-state index in [1.54, 1.807) is 7.05 Å². The predicted octanol–water partition coefficient (Wildman–Crippen LogP) is 3.08. The van der Waals surface area contributed by atoms with Gasteiger partial charge in [0.05, 0.1) is 5.60 Å². The second-order valence-corrected chi connectivity index (χ2v) is 9.00. The first kappa shape index (κ1) is 23.6. The van der Waals surface area contributed by atoms with Crippen molar-refractivity contribution in [3.05, 3.63) is 29.6 Å². The Kier molecular flexibility index (Phi) is 7.65. The zero-order valence-electron chi connectivity index (χ0n) is 19.2. The van der Waals surface area contributed by atoms with Crippen LogP contribution in [-0.4, -0.2) is 59.9 Å². The van der Waals surface area contributed by atoms with E-state index in [2.05, 4.69) is 72.4 Å². The molecule has 2 heterocycles. The van der Waals surface area contributed by atoms with Crippen molar-refractivity contribution in [2.75, 3.05) is 33.3 Å². The van der Waals surface area contributed by atoms with Gasteiger partial charge in [-0.1, -0.05) is 6.07 Å². The van der Waals surface area contributed by atoms with Crippen molar-refractivity contribution in [2.45, 2.75) is 65.5 Å². The van der Waals surface area contributed by atoms with Crippen LogP contribution in [0.1, 0.15) is 58.7 Å². The van der Waals surface area contributed by atoms with Gasteiger partial charge in [0.25, 0.3) is 0 Å². The first-order valence-electron chi connectivity index (χ1n) is 10.5. The van der Waals surface area contributed by atoms with Gasteiger partial charge in [0.15, 0.2) is 0 Å². The van der Waals surface area contributed by atoms with Crippen LogP contribution in [0.2, 0.25) is 0 Å². The fourth-order valence-electron chi connectivity index (χ4n) is 4.46. The summed E-state index contributed by atoms with van der Waals surface area (Å²) in [5.41, 5.74) is 3.98. The molecule has 1 aromatic heterocycles. The van der Waals surface area contributed by atoms with Gasteiger partial charge < -0.3 is 10.1 Å². The number of hydrogen-bond acceptors (Lipinski definition) is 5. The summed E-state index contributed by atoms with van der Waals surface area (Å²) in [6.07, 6.45) is 3.97. The highest BCUT2D eigenvalue weighted by Crippen LogP contribution is 2.48. The third-order valence-corrected chi connectivity index (χ3v) is 6.77. The smallest absolute Gasteiger partial charge is 0.215 e. The van der Waals surface area contributed by atoms with Gasteiger partial charge >= 0.3 is 0 Å². The molecule has 3 N–H and O–H groups in total. The van der Waals surface area contributed by atoms with Crippen LogP contribution in [0.15, 0.2) is 23.3 Å². The first-order chi connectivity index (χ1) is 13.6. The minimum Gasteiger partial charge on any atom is -0.375 e. The largest absolute Gasteiger partial charge is 0.375 e. The average molecular weight is 406 g/mol. The van der Waals surface area contributed by atoms with Gasteiger partial charge in [-0.3, -0.25) is 20.1 Å². The molecular weight excluding hydrogens is 366 g/mol. The first-order valence-corrected chi connectivity index (χ1v) is 10.5. The standard InChI is InChI=1S/C22H39N5O2/c1-8-29-21(5,6)22(11-13-24-19(23-7)26-28)12-14-27(16-22)20(3,4)18-10-9-17(2)25-15-18/h9-10,15,28H,8,11-14,16H2,1-7H3,(H2,23,24,26). The molecule has 1 atom stereocenters. The Bertz CT molecular complexity index is 687. The molecule has 2 rings (SSSR count). The van der Waals surface area contributed by atoms with E-state index in [1.165, 1.54) is 5.56 Å². The summed E-state index contributed by atoms with van der Waals surface area (Å²) in [5.74, 6) is 0.385. The predicted molar refractivity (Wildman–Crippen MR) is 117 cm³/mol. The second-order valence-electron chi connectivity index (χ2n) is 9.00. The molecule has 0 aliphatic carbocycles. The Labute approximate surface area is 175 Å². The van der Waals surface area contributed by atoms with Crippen molar-refractivity contribution in [1.82, 2.24) is 20.7 Å². The summed E-state index contributed by atoms with van der Waals surface area (Å²) in [7, 11) is 1.64. The number of hydrogen-bond donors (Lipinski definition) is 3. The number of nitrogens with one attached hydrogen (secondary N) is 2. The summed E-state index contributed by atoms with van der Waals surface area (Å²) in [5, 5.41) is 12.3. The monoisotopic (exact) mass is 405 g/mol. The molecule has 1 aromatic rings. The fourth-order valence-corrected chi connectivity index (χ4v) is 4.46. The molecule has 0 saturated carbocycles. The summed E-state index contributed by atoms with van der Waals surface area (Å²) in [4.78, 5) is 11.1. The highest BCUT2D eigenvalue weighted by molar-refractivity contribution is 5.78. The van der Waals surface area contributed by atoms with E-state index in [0.29, 0.717) is 19.1 Å². The lowest BCUT2D eigenvalue weighted by molar-refractivity contribution is -0.109. The Hall–Kier alpha value is -1.70. The van der Waals surface area contributed by atoms with Crippen LogP contribution < -0.4 is 10.8 Å². The molecule has 7 nitrogen and oxygen atoms in total. The Morgan fingerprint density at radius 3 is 2.62 bits per heavy atom. The summed E-state index contributed by atoms with van der Waals surface area (Å²) < 4.78 is 6.25. The molecule has 0 amide bonds. The number of aromatic nitrogens is 1. The van der Waals surface area contributed by atoms with Crippen molar-refractivity contribution in [3.63, 3.8) is 0 Å². The van der Waals surface area contributed by atoms with Crippen LogP contribution >= 0.6 is 0 Å². The Balaban J connectivity index is 2.23. The molecule has 1 fully saturated rings. The number of likely N-dealkylation sites (tertiary alicyclic amines) is 1. The van der Waals surface area contributed by atoms with Gasteiger partial charge in [0.1, 0.15) is 0 Å². The van der Waals surface area contributed by atoms with Gasteiger partial charge in [-0.15, -0.1) is 0 Å². The van der Waals surface area contributed by atoms with Crippen LogP contribution in [-0.2, 0) is 10.3 Å². The van der Waals surface area contributed by atoms with Gasteiger partial charge in [0, 0.05) is 49.6 Å². The minimum atomic E-state index is -0.268. The summed E-state index contributed by atoms with van der Waals surface area (Å²) in [6.45, 7) is 16.4. The minimum absolute atomic E-state index is 0.0142. The molecule has 164 valence electrons. The topological polar surface area (TPSA) is 82.0 Å². The number of aryl methyl sites for hydroxylation is 1. The van der Waals surface area contributed by atoms with E-state index in [4.69, 9.17) is 9.94 Å². The molecule has 0 bridgehead atoms. The van der Waals surface area contributed by atoms with Crippen molar-refractivity contribution >= 4 is 5.96 Å². The number of guanidine groups is 1. The lowest BCUT2D eigenvalue weighted by Crippen LogP contribution is -2.51. The third kappa shape index (κ3) is 5.08. The lowest BCUT2D eigenvalue weighted by Gasteiger charge is -2.46. The van der Waals surface area contributed by atoms with Crippen LogP contribution in [0.5, 0.6) is 0 Å². The molecule has 1 aliphatic rings. The number of hydroxylamine groups is 1. The molecule has 29 heavy (non-hydrogen) atoms. The van der Waals surface area contributed by atoms with E-state index in [9.17, 15) is 0 Å². The number of ether oxygens (including phenoxy) is 1. The van der Waals surface area contributed by atoms with Crippen molar-refractivity contribution in [3.8, 4) is 0 Å². The van der Waals surface area contributed by atoms with E-state index >= 15 is 0 Å². The molecular formula is C22H39N5O2. The van der Waals surface area contributed by atoms with E-state index in [0.717, 1.165) is 31.6 Å². The SMILES string of the molecule is CCOC(C)(C)C1(CCNC(=NC)NO)CCN(C(C)(C)c2ccc(C)nc2)C1. The van der Waals surface area contributed by atoms with Crippen molar-refractivity contribution in [2.24, 2.45) is 10.4 Å². The normalized spacial score (nSPS) is 21.4. The number of pyridine rings is 1. The fraction of sp³-hybridized carbons (Fsp3) is 0.727.